The molecule has 1 aliphatic heterocycles. The molecule has 1 aromatic carbocycles. The Bertz CT molecular complexity index is 568. The quantitative estimate of drug-likeness (QED) is 0.829. The van der Waals surface area contributed by atoms with Crippen LogP contribution in [0.2, 0.25) is 0 Å². The normalized spacial score (nSPS) is 19.8. The first-order valence-corrected chi connectivity index (χ1v) is 7.47. The molecule has 1 saturated heterocycles. The molecule has 1 fully saturated rings. The van der Waals surface area contributed by atoms with Crippen molar-refractivity contribution in [2.24, 2.45) is 0 Å². The standard InChI is InChI=1S/C12H17N3O3S/c1-13-19(17,18)10-5-3-9(4-6-10)14-11-7-8-15(2)12(11)16/h3-6,11,13-14H,7-8H2,1-2H3. The van der Waals surface area contributed by atoms with E-state index in [4.69, 9.17) is 0 Å². The van der Waals surface area contributed by atoms with Gasteiger partial charge in [-0.1, -0.05) is 0 Å². The Balaban J connectivity index is 2.10. The predicted octanol–water partition coefficient (Wildman–Crippen LogP) is 0.237. The second-order valence-corrected chi connectivity index (χ2v) is 6.36. The van der Waals surface area contributed by atoms with Crippen LogP contribution in [-0.4, -0.2) is 45.9 Å². The molecular weight excluding hydrogens is 266 g/mol. The lowest BCUT2D eigenvalue weighted by Gasteiger charge is -2.13. The van der Waals surface area contributed by atoms with E-state index in [1.165, 1.54) is 19.2 Å². The van der Waals surface area contributed by atoms with Gasteiger partial charge in [-0.05, 0) is 37.7 Å². The number of benzene rings is 1. The third-order valence-electron chi connectivity index (χ3n) is 3.20. The minimum Gasteiger partial charge on any atom is -0.374 e. The van der Waals surface area contributed by atoms with Gasteiger partial charge in [0, 0.05) is 19.3 Å². The van der Waals surface area contributed by atoms with Crippen LogP contribution in [0.1, 0.15) is 6.42 Å². The maximum Gasteiger partial charge on any atom is 0.244 e. The van der Waals surface area contributed by atoms with Crippen molar-refractivity contribution in [2.75, 3.05) is 26.0 Å². The van der Waals surface area contributed by atoms with Gasteiger partial charge in [0.15, 0.2) is 0 Å². The summed E-state index contributed by atoms with van der Waals surface area (Å²) < 4.78 is 25.4. The number of hydrogen-bond acceptors (Lipinski definition) is 4. The minimum absolute atomic E-state index is 0.0620. The first kappa shape index (κ1) is 13.8. The van der Waals surface area contributed by atoms with Crippen molar-refractivity contribution in [3.8, 4) is 0 Å². The molecule has 2 rings (SSSR count). The molecule has 1 heterocycles. The van der Waals surface area contributed by atoms with Crippen LogP contribution in [0, 0.1) is 0 Å². The highest BCUT2D eigenvalue weighted by molar-refractivity contribution is 7.89. The molecule has 104 valence electrons. The number of sulfonamides is 1. The van der Waals surface area contributed by atoms with Crippen molar-refractivity contribution in [3.63, 3.8) is 0 Å². The molecule has 0 spiro atoms. The van der Waals surface area contributed by atoms with Gasteiger partial charge in [-0.25, -0.2) is 13.1 Å². The maximum atomic E-state index is 11.7. The minimum atomic E-state index is -3.41. The van der Waals surface area contributed by atoms with Crippen LogP contribution in [-0.2, 0) is 14.8 Å². The molecule has 0 saturated carbocycles. The Kier molecular flexibility index (Phi) is 3.77. The van der Waals surface area contributed by atoms with E-state index in [1.807, 2.05) is 0 Å². The van der Waals surface area contributed by atoms with Crippen LogP contribution in [0.4, 0.5) is 5.69 Å². The Hall–Kier alpha value is -1.60. The van der Waals surface area contributed by atoms with Gasteiger partial charge in [0.05, 0.1) is 4.90 Å². The Morgan fingerprint density at radius 2 is 1.89 bits per heavy atom. The Morgan fingerprint density at radius 1 is 1.26 bits per heavy atom. The van der Waals surface area contributed by atoms with Crippen molar-refractivity contribution < 1.29 is 13.2 Å². The number of rotatable bonds is 4. The second-order valence-electron chi connectivity index (χ2n) is 4.48. The highest BCUT2D eigenvalue weighted by Crippen LogP contribution is 2.18. The van der Waals surface area contributed by atoms with Crippen molar-refractivity contribution in [1.82, 2.24) is 9.62 Å². The summed E-state index contributed by atoms with van der Waals surface area (Å²) in [5.41, 5.74) is 0.740. The molecule has 19 heavy (non-hydrogen) atoms. The first-order chi connectivity index (χ1) is 8.94. The fourth-order valence-electron chi connectivity index (χ4n) is 2.01. The fraction of sp³-hybridized carbons (Fsp3) is 0.417. The number of likely N-dealkylation sites (tertiary alicyclic amines) is 1. The first-order valence-electron chi connectivity index (χ1n) is 5.99. The monoisotopic (exact) mass is 283 g/mol. The molecule has 1 aliphatic rings. The molecule has 0 radical (unpaired) electrons. The molecule has 1 aromatic rings. The van der Waals surface area contributed by atoms with Gasteiger partial charge in [0.2, 0.25) is 15.9 Å². The number of amides is 1. The number of nitrogens with one attached hydrogen (secondary N) is 2. The summed E-state index contributed by atoms with van der Waals surface area (Å²) in [5.74, 6) is 0.0620. The van der Waals surface area contributed by atoms with Gasteiger partial charge in [0.1, 0.15) is 6.04 Å². The van der Waals surface area contributed by atoms with Gasteiger partial charge in [0.25, 0.3) is 0 Å². The van der Waals surface area contributed by atoms with Crippen molar-refractivity contribution in [1.29, 1.82) is 0 Å². The molecule has 0 aliphatic carbocycles. The van der Waals surface area contributed by atoms with Crippen LogP contribution in [0.25, 0.3) is 0 Å². The van der Waals surface area contributed by atoms with Crippen LogP contribution >= 0.6 is 0 Å². The van der Waals surface area contributed by atoms with Gasteiger partial charge >= 0.3 is 0 Å². The van der Waals surface area contributed by atoms with Gasteiger partial charge in [-0.3, -0.25) is 4.79 Å². The van der Waals surface area contributed by atoms with E-state index in [0.29, 0.717) is 0 Å². The Morgan fingerprint density at radius 3 is 2.37 bits per heavy atom. The Labute approximate surface area is 112 Å². The van der Waals surface area contributed by atoms with Gasteiger partial charge in [-0.2, -0.15) is 0 Å². The van der Waals surface area contributed by atoms with E-state index < -0.39 is 10.0 Å². The number of carbonyl (C=O) groups excluding carboxylic acids is 1. The summed E-state index contributed by atoms with van der Waals surface area (Å²) in [4.78, 5) is 13.6. The summed E-state index contributed by atoms with van der Waals surface area (Å²) >= 11 is 0. The third kappa shape index (κ3) is 2.87. The fourth-order valence-corrected chi connectivity index (χ4v) is 2.74. The van der Waals surface area contributed by atoms with E-state index in [1.54, 1.807) is 24.1 Å². The summed E-state index contributed by atoms with van der Waals surface area (Å²) in [5, 5.41) is 3.11. The van der Waals surface area contributed by atoms with Gasteiger partial charge < -0.3 is 10.2 Å². The maximum absolute atomic E-state index is 11.7. The second kappa shape index (κ2) is 5.18. The summed E-state index contributed by atoms with van der Waals surface area (Å²) in [6, 6.07) is 6.12. The highest BCUT2D eigenvalue weighted by atomic mass is 32.2. The summed E-state index contributed by atoms with van der Waals surface area (Å²) in [6.07, 6.45) is 0.756. The number of nitrogens with zero attached hydrogens (tertiary/aromatic N) is 1. The molecule has 0 aromatic heterocycles. The zero-order valence-electron chi connectivity index (χ0n) is 10.9. The summed E-state index contributed by atoms with van der Waals surface area (Å²) in [7, 11) is -0.275. The van der Waals surface area contributed by atoms with Crippen LogP contribution in [0.15, 0.2) is 29.2 Å². The van der Waals surface area contributed by atoms with Crippen LogP contribution < -0.4 is 10.0 Å². The molecule has 7 heteroatoms. The average Bonchev–Trinajstić information content (AvgIpc) is 2.71. The zero-order valence-corrected chi connectivity index (χ0v) is 11.7. The van der Waals surface area contributed by atoms with E-state index in [0.717, 1.165) is 18.7 Å². The van der Waals surface area contributed by atoms with Gasteiger partial charge in [-0.15, -0.1) is 0 Å². The SMILES string of the molecule is CNS(=O)(=O)c1ccc(NC2CCN(C)C2=O)cc1. The molecule has 2 N–H and O–H groups in total. The lowest BCUT2D eigenvalue weighted by molar-refractivity contribution is -0.127. The van der Waals surface area contributed by atoms with E-state index in [2.05, 4.69) is 10.0 Å². The smallest absolute Gasteiger partial charge is 0.244 e. The average molecular weight is 283 g/mol. The zero-order chi connectivity index (χ0) is 14.0. The summed E-state index contributed by atoms with van der Waals surface area (Å²) in [6.45, 7) is 0.739. The van der Waals surface area contributed by atoms with E-state index >= 15 is 0 Å². The topological polar surface area (TPSA) is 78.5 Å². The predicted molar refractivity (Wildman–Crippen MR) is 72.4 cm³/mol. The molecule has 1 amide bonds. The number of likely N-dealkylation sites (N-methyl/N-ethyl adjacent to an activating group) is 1. The molecule has 1 atom stereocenters. The number of anilines is 1. The largest absolute Gasteiger partial charge is 0.374 e. The molecular formula is C12H17N3O3S. The third-order valence-corrected chi connectivity index (χ3v) is 4.63. The highest BCUT2D eigenvalue weighted by Gasteiger charge is 2.28. The lowest BCUT2D eigenvalue weighted by Crippen LogP contribution is -2.30. The lowest BCUT2D eigenvalue weighted by atomic mass is 10.2. The van der Waals surface area contributed by atoms with Crippen molar-refractivity contribution in [3.05, 3.63) is 24.3 Å². The molecule has 6 nitrogen and oxygen atoms in total. The van der Waals surface area contributed by atoms with E-state index in [9.17, 15) is 13.2 Å². The number of hydrogen-bond donors (Lipinski definition) is 2. The van der Waals surface area contributed by atoms with E-state index in [-0.39, 0.29) is 16.8 Å². The van der Waals surface area contributed by atoms with Crippen LogP contribution in [0.5, 0.6) is 0 Å². The molecule has 1 unspecified atom stereocenters. The molecule has 0 bridgehead atoms. The number of carbonyl (C=O) groups is 1. The van der Waals surface area contributed by atoms with Crippen molar-refractivity contribution >= 4 is 21.6 Å². The van der Waals surface area contributed by atoms with Crippen molar-refractivity contribution in [2.45, 2.75) is 17.4 Å². The van der Waals surface area contributed by atoms with Crippen LogP contribution in [0.3, 0.4) is 0 Å².